The maximum Gasteiger partial charge on any atom is 0.338 e. The van der Waals surface area contributed by atoms with Crippen molar-refractivity contribution in [2.24, 2.45) is 0 Å². The van der Waals surface area contributed by atoms with Crippen molar-refractivity contribution >= 4 is 5.97 Å². The highest BCUT2D eigenvalue weighted by molar-refractivity contribution is 5.89. The molecule has 1 unspecified atom stereocenters. The zero-order valence-electron chi connectivity index (χ0n) is 11.1. The molecule has 0 bridgehead atoms. The van der Waals surface area contributed by atoms with E-state index in [-0.39, 0.29) is 5.97 Å². The molecule has 0 heterocycles. The molecule has 0 aromatic heterocycles. The second kappa shape index (κ2) is 5.82. The van der Waals surface area contributed by atoms with Crippen molar-refractivity contribution < 1.29 is 14.4 Å². The van der Waals surface area contributed by atoms with Gasteiger partial charge in [-0.1, -0.05) is 25.1 Å². The standard InChI is InChI=1S/C14H21NO2/c1-5-14(2,11-15(3)4)17-13(16)12-9-7-6-8-10-12/h6-10H,5,11H2,1-4H3/p+1. The first-order valence-electron chi connectivity index (χ1n) is 6.04. The fourth-order valence-corrected chi connectivity index (χ4v) is 1.84. The number of rotatable bonds is 5. The molecule has 1 aromatic rings. The Hall–Kier alpha value is -1.35. The third kappa shape index (κ3) is 4.19. The number of hydrogen-bond acceptors (Lipinski definition) is 2. The highest BCUT2D eigenvalue weighted by Gasteiger charge is 2.30. The molecule has 1 rings (SSSR count). The molecule has 0 amide bonds. The first kappa shape index (κ1) is 13.7. The third-order valence-corrected chi connectivity index (χ3v) is 2.82. The Bertz CT molecular complexity index is 362. The SMILES string of the molecule is CCC(C)(C[NH+](C)C)OC(=O)c1ccccc1. The quantitative estimate of drug-likeness (QED) is 0.778. The molecule has 0 fully saturated rings. The molecule has 1 N–H and O–H groups in total. The smallest absolute Gasteiger partial charge is 0.338 e. The Balaban J connectivity index is 2.72. The van der Waals surface area contributed by atoms with Gasteiger partial charge in [0.1, 0.15) is 6.54 Å². The van der Waals surface area contributed by atoms with Crippen LogP contribution in [0.15, 0.2) is 30.3 Å². The van der Waals surface area contributed by atoms with E-state index in [1.807, 2.05) is 32.0 Å². The molecule has 0 saturated heterocycles. The Morgan fingerprint density at radius 2 is 1.88 bits per heavy atom. The Labute approximate surface area is 103 Å². The molecule has 17 heavy (non-hydrogen) atoms. The Morgan fingerprint density at radius 1 is 1.29 bits per heavy atom. The van der Waals surface area contributed by atoms with Gasteiger partial charge in [0.15, 0.2) is 5.60 Å². The molecule has 0 aliphatic heterocycles. The summed E-state index contributed by atoms with van der Waals surface area (Å²) in [5, 5.41) is 0. The fraction of sp³-hybridized carbons (Fsp3) is 0.500. The van der Waals surface area contributed by atoms with Crippen LogP contribution in [0.5, 0.6) is 0 Å². The van der Waals surface area contributed by atoms with Crippen molar-refractivity contribution in [3.8, 4) is 0 Å². The van der Waals surface area contributed by atoms with Crippen molar-refractivity contribution in [3.63, 3.8) is 0 Å². The predicted octanol–water partition coefficient (Wildman–Crippen LogP) is 1.16. The highest BCUT2D eigenvalue weighted by atomic mass is 16.6. The summed E-state index contributed by atoms with van der Waals surface area (Å²) in [7, 11) is 4.12. The topological polar surface area (TPSA) is 30.7 Å². The van der Waals surface area contributed by atoms with Crippen molar-refractivity contribution in [2.75, 3.05) is 20.6 Å². The molecule has 94 valence electrons. The number of carbonyl (C=O) groups is 1. The number of esters is 1. The lowest BCUT2D eigenvalue weighted by Crippen LogP contribution is -3.08. The molecule has 1 aromatic carbocycles. The van der Waals surface area contributed by atoms with Crippen LogP contribution in [0.3, 0.4) is 0 Å². The summed E-state index contributed by atoms with van der Waals surface area (Å²) in [6, 6.07) is 9.13. The molecular weight excluding hydrogens is 214 g/mol. The summed E-state index contributed by atoms with van der Waals surface area (Å²) in [5.74, 6) is -0.240. The summed E-state index contributed by atoms with van der Waals surface area (Å²) >= 11 is 0. The second-order valence-corrected chi connectivity index (χ2v) is 4.94. The number of carbonyl (C=O) groups excluding carboxylic acids is 1. The van der Waals surface area contributed by atoms with Crippen LogP contribution in [0, 0.1) is 0 Å². The highest BCUT2D eigenvalue weighted by Crippen LogP contribution is 2.15. The Kier molecular flexibility index (Phi) is 4.70. The molecule has 0 aliphatic rings. The zero-order valence-corrected chi connectivity index (χ0v) is 11.1. The summed E-state index contributed by atoms with van der Waals surface area (Å²) in [6.45, 7) is 4.84. The van der Waals surface area contributed by atoms with Crippen molar-refractivity contribution in [1.82, 2.24) is 0 Å². The number of ether oxygens (including phenoxy) is 1. The van der Waals surface area contributed by atoms with Crippen LogP contribution in [-0.2, 0) is 4.74 Å². The molecular formula is C14H22NO2+. The van der Waals surface area contributed by atoms with E-state index < -0.39 is 5.60 Å². The zero-order chi connectivity index (χ0) is 12.9. The maximum atomic E-state index is 12.0. The third-order valence-electron chi connectivity index (χ3n) is 2.82. The van der Waals surface area contributed by atoms with Crippen LogP contribution in [0.2, 0.25) is 0 Å². The van der Waals surface area contributed by atoms with Crippen molar-refractivity contribution in [3.05, 3.63) is 35.9 Å². The van der Waals surface area contributed by atoms with Gasteiger partial charge in [0, 0.05) is 0 Å². The lowest BCUT2D eigenvalue weighted by Gasteiger charge is -2.29. The van der Waals surface area contributed by atoms with Gasteiger partial charge in [-0.25, -0.2) is 4.79 Å². The van der Waals surface area contributed by atoms with E-state index in [2.05, 4.69) is 14.1 Å². The van der Waals surface area contributed by atoms with Crippen LogP contribution in [0.1, 0.15) is 30.6 Å². The summed E-state index contributed by atoms with van der Waals surface area (Å²) in [5.41, 5.74) is 0.215. The van der Waals surface area contributed by atoms with Crippen molar-refractivity contribution in [1.29, 1.82) is 0 Å². The molecule has 3 heteroatoms. The van der Waals surface area contributed by atoms with Gasteiger partial charge >= 0.3 is 5.97 Å². The molecule has 0 spiro atoms. The van der Waals surface area contributed by atoms with Gasteiger partial charge in [0.05, 0.1) is 19.7 Å². The monoisotopic (exact) mass is 236 g/mol. The van der Waals surface area contributed by atoms with E-state index in [9.17, 15) is 4.79 Å². The van der Waals surface area contributed by atoms with E-state index in [0.29, 0.717) is 5.56 Å². The van der Waals surface area contributed by atoms with E-state index in [0.717, 1.165) is 13.0 Å². The first-order valence-corrected chi connectivity index (χ1v) is 6.04. The lowest BCUT2D eigenvalue weighted by atomic mass is 10.0. The number of quaternary nitrogens is 1. The van der Waals surface area contributed by atoms with Crippen LogP contribution < -0.4 is 4.90 Å². The van der Waals surface area contributed by atoms with E-state index in [1.54, 1.807) is 12.1 Å². The van der Waals surface area contributed by atoms with Gasteiger partial charge in [-0.05, 0) is 25.5 Å². The van der Waals surface area contributed by atoms with Crippen LogP contribution >= 0.6 is 0 Å². The second-order valence-electron chi connectivity index (χ2n) is 4.94. The van der Waals surface area contributed by atoms with Gasteiger partial charge in [0.25, 0.3) is 0 Å². The minimum atomic E-state index is -0.397. The molecule has 3 nitrogen and oxygen atoms in total. The van der Waals surface area contributed by atoms with Gasteiger partial charge in [-0.15, -0.1) is 0 Å². The number of likely N-dealkylation sites (N-methyl/N-ethyl adjacent to an activating group) is 1. The predicted molar refractivity (Wildman–Crippen MR) is 68.2 cm³/mol. The fourth-order valence-electron chi connectivity index (χ4n) is 1.84. The van der Waals surface area contributed by atoms with E-state index in [4.69, 9.17) is 4.74 Å². The number of hydrogen-bond donors (Lipinski definition) is 1. The number of nitrogens with one attached hydrogen (secondary N) is 1. The van der Waals surface area contributed by atoms with Gasteiger partial charge in [0.2, 0.25) is 0 Å². The lowest BCUT2D eigenvalue weighted by molar-refractivity contribution is -0.865. The van der Waals surface area contributed by atoms with Crippen LogP contribution in [0.25, 0.3) is 0 Å². The molecule has 0 aliphatic carbocycles. The minimum Gasteiger partial charge on any atom is -0.450 e. The summed E-state index contributed by atoms with van der Waals surface area (Å²) < 4.78 is 5.62. The molecule has 1 atom stereocenters. The summed E-state index contributed by atoms with van der Waals surface area (Å²) in [4.78, 5) is 13.2. The Morgan fingerprint density at radius 3 is 2.35 bits per heavy atom. The van der Waals surface area contributed by atoms with Crippen molar-refractivity contribution in [2.45, 2.75) is 25.9 Å². The maximum absolute atomic E-state index is 12.0. The average Bonchev–Trinajstić information content (AvgIpc) is 2.29. The summed E-state index contributed by atoms with van der Waals surface area (Å²) in [6.07, 6.45) is 0.816. The first-order chi connectivity index (χ1) is 7.97. The van der Waals surface area contributed by atoms with Gasteiger partial charge in [-0.2, -0.15) is 0 Å². The van der Waals surface area contributed by atoms with Crippen LogP contribution in [-0.4, -0.2) is 32.2 Å². The van der Waals surface area contributed by atoms with Gasteiger partial charge in [-0.3, -0.25) is 0 Å². The normalized spacial score (nSPS) is 14.4. The average molecular weight is 236 g/mol. The van der Waals surface area contributed by atoms with E-state index in [1.165, 1.54) is 4.90 Å². The van der Waals surface area contributed by atoms with E-state index >= 15 is 0 Å². The molecule has 0 radical (unpaired) electrons. The van der Waals surface area contributed by atoms with Crippen LogP contribution in [0.4, 0.5) is 0 Å². The minimum absolute atomic E-state index is 0.240. The molecule has 0 saturated carbocycles. The van der Waals surface area contributed by atoms with Gasteiger partial charge < -0.3 is 9.64 Å². The number of benzene rings is 1. The largest absolute Gasteiger partial charge is 0.450 e.